The van der Waals surface area contributed by atoms with E-state index in [1.54, 1.807) is 28.9 Å². The van der Waals surface area contributed by atoms with E-state index >= 15 is 0 Å². The molecule has 7 heteroatoms. The summed E-state index contributed by atoms with van der Waals surface area (Å²) in [5.41, 5.74) is 2.24. The Balaban J connectivity index is 1.67. The van der Waals surface area contributed by atoms with Gasteiger partial charge in [0.05, 0.1) is 12.7 Å². The molecule has 0 saturated carbocycles. The number of hydrogen-bond acceptors (Lipinski definition) is 3. The van der Waals surface area contributed by atoms with Crippen LogP contribution < -0.4 is 0 Å². The molecule has 0 atom stereocenters. The SMILES string of the molecule is CN(Cc1cccc(Cl)c1)C(=O)c1cn(Cc2cccc(Cl)c2)nn1. The summed E-state index contributed by atoms with van der Waals surface area (Å²) < 4.78 is 1.62. The van der Waals surface area contributed by atoms with Crippen LogP contribution in [0.3, 0.4) is 0 Å². The number of aromatic nitrogens is 3. The molecule has 0 saturated heterocycles. The van der Waals surface area contributed by atoms with Crippen LogP contribution >= 0.6 is 23.2 Å². The second kappa shape index (κ2) is 7.68. The molecule has 0 radical (unpaired) electrons. The molecule has 0 aliphatic carbocycles. The lowest BCUT2D eigenvalue weighted by Gasteiger charge is -2.15. The minimum Gasteiger partial charge on any atom is -0.336 e. The molecule has 128 valence electrons. The minimum atomic E-state index is -0.197. The number of rotatable bonds is 5. The van der Waals surface area contributed by atoms with Crippen molar-refractivity contribution in [3.63, 3.8) is 0 Å². The molecule has 0 bridgehead atoms. The maximum absolute atomic E-state index is 12.5. The zero-order valence-electron chi connectivity index (χ0n) is 13.6. The first-order chi connectivity index (χ1) is 12.0. The fraction of sp³-hybridized carbons (Fsp3) is 0.167. The van der Waals surface area contributed by atoms with E-state index in [9.17, 15) is 4.79 Å². The van der Waals surface area contributed by atoms with Gasteiger partial charge in [0, 0.05) is 23.6 Å². The normalized spacial score (nSPS) is 10.7. The van der Waals surface area contributed by atoms with Crippen LogP contribution in [0.15, 0.2) is 54.7 Å². The van der Waals surface area contributed by atoms with Crippen LogP contribution in [-0.4, -0.2) is 32.8 Å². The van der Waals surface area contributed by atoms with E-state index in [0.29, 0.717) is 28.8 Å². The molecular formula is C18H16Cl2N4O. The molecule has 2 aromatic carbocycles. The third-order valence-electron chi connectivity index (χ3n) is 3.65. The van der Waals surface area contributed by atoms with Crippen LogP contribution in [-0.2, 0) is 13.1 Å². The highest BCUT2D eigenvalue weighted by Crippen LogP contribution is 2.14. The van der Waals surface area contributed by atoms with Gasteiger partial charge in [0.2, 0.25) is 0 Å². The van der Waals surface area contributed by atoms with Crippen molar-refractivity contribution in [2.45, 2.75) is 13.1 Å². The Bertz CT molecular complexity index is 894. The van der Waals surface area contributed by atoms with E-state index in [1.807, 2.05) is 42.5 Å². The maximum Gasteiger partial charge on any atom is 0.276 e. The highest BCUT2D eigenvalue weighted by Gasteiger charge is 2.16. The Morgan fingerprint density at radius 3 is 2.40 bits per heavy atom. The van der Waals surface area contributed by atoms with Crippen molar-refractivity contribution in [3.8, 4) is 0 Å². The van der Waals surface area contributed by atoms with E-state index in [4.69, 9.17) is 23.2 Å². The van der Waals surface area contributed by atoms with Gasteiger partial charge in [-0.25, -0.2) is 4.68 Å². The molecule has 0 aliphatic heterocycles. The third-order valence-corrected chi connectivity index (χ3v) is 4.12. The van der Waals surface area contributed by atoms with Gasteiger partial charge in [0.15, 0.2) is 5.69 Å². The summed E-state index contributed by atoms with van der Waals surface area (Å²) in [4.78, 5) is 14.1. The number of benzene rings is 2. The first kappa shape index (κ1) is 17.5. The molecule has 0 spiro atoms. The fourth-order valence-corrected chi connectivity index (χ4v) is 2.90. The van der Waals surface area contributed by atoms with Crippen molar-refractivity contribution in [3.05, 3.63) is 81.6 Å². The molecule has 3 rings (SSSR count). The second-order valence-electron chi connectivity index (χ2n) is 5.72. The Labute approximate surface area is 155 Å². The van der Waals surface area contributed by atoms with E-state index in [2.05, 4.69) is 10.3 Å². The van der Waals surface area contributed by atoms with E-state index in [1.165, 1.54) is 0 Å². The van der Waals surface area contributed by atoms with Gasteiger partial charge in [-0.05, 0) is 35.4 Å². The lowest BCUT2D eigenvalue weighted by atomic mass is 10.2. The predicted octanol–water partition coefficient (Wildman–Crippen LogP) is 3.91. The number of carbonyl (C=O) groups excluding carboxylic acids is 1. The van der Waals surface area contributed by atoms with Crippen LogP contribution in [0.4, 0.5) is 0 Å². The van der Waals surface area contributed by atoms with Crippen molar-refractivity contribution < 1.29 is 4.79 Å². The van der Waals surface area contributed by atoms with Gasteiger partial charge in [-0.15, -0.1) is 5.10 Å². The fourth-order valence-electron chi connectivity index (χ4n) is 2.47. The van der Waals surface area contributed by atoms with Gasteiger partial charge < -0.3 is 4.90 Å². The highest BCUT2D eigenvalue weighted by molar-refractivity contribution is 6.30. The van der Waals surface area contributed by atoms with Crippen LogP contribution in [0.2, 0.25) is 10.0 Å². The summed E-state index contributed by atoms with van der Waals surface area (Å²) in [7, 11) is 1.72. The van der Waals surface area contributed by atoms with Crippen LogP contribution in [0, 0.1) is 0 Å². The van der Waals surface area contributed by atoms with E-state index in [0.717, 1.165) is 11.1 Å². The van der Waals surface area contributed by atoms with Gasteiger partial charge in [0.1, 0.15) is 0 Å². The molecule has 0 fully saturated rings. The molecule has 0 N–H and O–H groups in total. The van der Waals surface area contributed by atoms with Gasteiger partial charge in [-0.1, -0.05) is 52.7 Å². The molecule has 3 aromatic rings. The quantitative estimate of drug-likeness (QED) is 0.680. The Morgan fingerprint density at radius 2 is 1.72 bits per heavy atom. The molecule has 0 unspecified atom stereocenters. The van der Waals surface area contributed by atoms with Crippen molar-refractivity contribution in [2.75, 3.05) is 7.05 Å². The second-order valence-corrected chi connectivity index (χ2v) is 6.60. The lowest BCUT2D eigenvalue weighted by molar-refractivity contribution is 0.0779. The van der Waals surface area contributed by atoms with Gasteiger partial charge in [-0.3, -0.25) is 4.79 Å². The first-order valence-electron chi connectivity index (χ1n) is 7.66. The topological polar surface area (TPSA) is 51.0 Å². The highest BCUT2D eigenvalue weighted by atomic mass is 35.5. The van der Waals surface area contributed by atoms with Crippen molar-refractivity contribution >= 4 is 29.1 Å². The van der Waals surface area contributed by atoms with E-state index in [-0.39, 0.29) is 5.91 Å². The average Bonchev–Trinajstić information content (AvgIpc) is 3.02. The smallest absolute Gasteiger partial charge is 0.276 e. The van der Waals surface area contributed by atoms with Crippen molar-refractivity contribution in [1.82, 2.24) is 19.9 Å². The molecule has 5 nitrogen and oxygen atoms in total. The predicted molar refractivity (Wildman–Crippen MR) is 97.8 cm³/mol. The summed E-state index contributed by atoms with van der Waals surface area (Å²) in [6.07, 6.45) is 1.64. The number of amides is 1. The van der Waals surface area contributed by atoms with Gasteiger partial charge in [0.25, 0.3) is 5.91 Å². The number of halogens is 2. The average molecular weight is 375 g/mol. The molecular weight excluding hydrogens is 359 g/mol. The third kappa shape index (κ3) is 4.59. The summed E-state index contributed by atoms with van der Waals surface area (Å²) in [6, 6.07) is 14.9. The van der Waals surface area contributed by atoms with Crippen molar-refractivity contribution in [1.29, 1.82) is 0 Å². The van der Waals surface area contributed by atoms with Gasteiger partial charge >= 0.3 is 0 Å². The molecule has 25 heavy (non-hydrogen) atoms. The summed E-state index contributed by atoms with van der Waals surface area (Å²) in [6.45, 7) is 0.944. The number of nitrogens with zero attached hydrogens (tertiary/aromatic N) is 4. The molecule has 0 aliphatic rings. The zero-order valence-corrected chi connectivity index (χ0v) is 15.1. The summed E-state index contributed by atoms with van der Waals surface area (Å²) >= 11 is 12.0. The maximum atomic E-state index is 12.5. The monoisotopic (exact) mass is 374 g/mol. The Morgan fingerprint density at radius 1 is 1.08 bits per heavy atom. The standard InChI is InChI=1S/C18H16Cl2N4O/c1-23(10-13-4-2-6-15(19)8-13)18(25)17-12-24(22-21-17)11-14-5-3-7-16(20)9-14/h2-9,12H,10-11H2,1H3. The summed E-state index contributed by atoms with van der Waals surface area (Å²) in [5, 5.41) is 9.30. The lowest BCUT2D eigenvalue weighted by Crippen LogP contribution is -2.26. The van der Waals surface area contributed by atoms with Crippen molar-refractivity contribution in [2.24, 2.45) is 0 Å². The molecule has 1 heterocycles. The Hall–Kier alpha value is -2.37. The number of carbonyl (C=O) groups is 1. The van der Waals surface area contributed by atoms with E-state index < -0.39 is 0 Å². The first-order valence-corrected chi connectivity index (χ1v) is 8.41. The zero-order chi connectivity index (χ0) is 17.8. The van der Waals surface area contributed by atoms with Crippen LogP contribution in [0.1, 0.15) is 21.6 Å². The summed E-state index contributed by atoms with van der Waals surface area (Å²) in [5.74, 6) is -0.197. The largest absolute Gasteiger partial charge is 0.336 e. The Kier molecular flexibility index (Phi) is 5.36. The van der Waals surface area contributed by atoms with Crippen LogP contribution in [0.25, 0.3) is 0 Å². The van der Waals surface area contributed by atoms with Gasteiger partial charge in [-0.2, -0.15) is 0 Å². The molecule has 1 aromatic heterocycles. The molecule has 1 amide bonds. The minimum absolute atomic E-state index is 0.197. The number of hydrogen-bond donors (Lipinski definition) is 0. The van der Waals surface area contributed by atoms with Crippen LogP contribution in [0.5, 0.6) is 0 Å².